The maximum absolute atomic E-state index is 12.5. The number of nitrogens with zero attached hydrogens (tertiary/aromatic N) is 3. The molecular weight excluding hydrogens is 240 g/mol. The highest BCUT2D eigenvalue weighted by atomic mass is 16.2. The molecule has 102 valence electrons. The molecule has 2 rings (SSSR count). The molecule has 0 aromatic carbocycles. The standard InChI is InChI=1S/C14H20N4O/c1-3-5-9-18(8-4-2)14(19)13-11-10-15-7-6-12(11)16-17-13/h6-7,10H,3-5,8-9H2,1-2H3,(H,16,17). The molecule has 0 bridgehead atoms. The number of hydrogen-bond acceptors (Lipinski definition) is 3. The van der Waals surface area contributed by atoms with Gasteiger partial charge in [0.2, 0.25) is 0 Å². The molecule has 5 nitrogen and oxygen atoms in total. The van der Waals surface area contributed by atoms with Gasteiger partial charge in [0.25, 0.3) is 5.91 Å². The van der Waals surface area contributed by atoms with E-state index < -0.39 is 0 Å². The van der Waals surface area contributed by atoms with Gasteiger partial charge in [0.15, 0.2) is 5.69 Å². The number of rotatable bonds is 6. The third-order valence-electron chi connectivity index (χ3n) is 3.13. The van der Waals surface area contributed by atoms with Crippen molar-refractivity contribution in [1.82, 2.24) is 20.1 Å². The zero-order valence-corrected chi connectivity index (χ0v) is 11.5. The lowest BCUT2D eigenvalue weighted by atomic mass is 10.2. The van der Waals surface area contributed by atoms with Crippen molar-refractivity contribution >= 4 is 16.8 Å². The van der Waals surface area contributed by atoms with Gasteiger partial charge >= 0.3 is 0 Å². The first-order valence-electron chi connectivity index (χ1n) is 6.85. The van der Waals surface area contributed by atoms with Crippen LogP contribution in [0.15, 0.2) is 18.5 Å². The van der Waals surface area contributed by atoms with Crippen molar-refractivity contribution in [3.05, 3.63) is 24.2 Å². The Bertz CT molecular complexity index is 549. The van der Waals surface area contributed by atoms with Gasteiger partial charge < -0.3 is 4.90 Å². The number of aromatic nitrogens is 3. The minimum atomic E-state index is -0.00505. The van der Waals surface area contributed by atoms with E-state index in [1.165, 1.54) is 0 Å². The van der Waals surface area contributed by atoms with Crippen molar-refractivity contribution in [3.63, 3.8) is 0 Å². The zero-order chi connectivity index (χ0) is 13.7. The second-order valence-electron chi connectivity index (χ2n) is 4.64. The number of amides is 1. The first kappa shape index (κ1) is 13.5. The summed E-state index contributed by atoms with van der Waals surface area (Å²) in [6.07, 6.45) is 6.43. The van der Waals surface area contributed by atoms with Crippen molar-refractivity contribution in [2.75, 3.05) is 13.1 Å². The number of unbranched alkanes of at least 4 members (excludes halogenated alkanes) is 1. The van der Waals surface area contributed by atoms with Gasteiger partial charge in [0.05, 0.1) is 10.9 Å². The van der Waals surface area contributed by atoms with E-state index in [0.29, 0.717) is 5.69 Å². The Morgan fingerprint density at radius 3 is 2.89 bits per heavy atom. The quantitative estimate of drug-likeness (QED) is 0.868. The Labute approximate surface area is 113 Å². The molecule has 2 aromatic heterocycles. The van der Waals surface area contributed by atoms with Crippen LogP contribution in [-0.4, -0.2) is 39.1 Å². The highest BCUT2D eigenvalue weighted by Gasteiger charge is 2.19. The molecule has 0 saturated heterocycles. The van der Waals surface area contributed by atoms with Gasteiger partial charge in [-0.3, -0.25) is 14.9 Å². The fourth-order valence-electron chi connectivity index (χ4n) is 2.10. The largest absolute Gasteiger partial charge is 0.337 e. The van der Waals surface area contributed by atoms with Crippen molar-refractivity contribution in [2.45, 2.75) is 33.1 Å². The lowest BCUT2D eigenvalue weighted by molar-refractivity contribution is 0.0749. The summed E-state index contributed by atoms with van der Waals surface area (Å²) in [7, 11) is 0. The van der Waals surface area contributed by atoms with E-state index in [9.17, 15) is 4.79 Å². The van der Waals surface area contributed by atoms with Gasteiger partial charge in [0.1, 0.15) is 0 Å². The van der Waals surface area contributed by atoms with Crippen LogP contribution >= 0.6 is 0 Å². The molecule has 0 aliphatic carbocycles. The third-order valence-corrected chi connectivity index (χ3v) is 3.13. The molecule has 0 atom stereocenters. The van der Waals surface area contributed by atoms with Crippen molar-refractivity contribution in [1.29, 1.82) is 0 Å². The van der Waals surface area contributed by atoms with Gasteiger partial charge in [0, 0.05) is 25.5 Å². The van der Waals surface area contributed by atoms with E-state index in [1.807, 2.05) is 11.0 Å². The summed E-state index contributed by atoms with van der Waals surface area (Å²) in [4.78, 5) is 18.5. The van der Waals surface area contributed by atoms with Crippen LogP contribution in [0, 0.1) is 0 Å². The Kier molecular flexibility index (Phi) is 4.49. The van der Waals surface area contributed by atoms with Crippen molar-refractivity contribution in [3.8, 4) is 0 Å². The third kappa shape index (κ3) is 2.92. The highest BCUT2D eigenvalue weighted by molar-refractivity contribution is 6.04. The summed E-state index contributed by atoms with van der Waals surface area (Å²) in [5.74, 6) is -0.00505. The number of hydrogen-bond donors (Lipinski definition) is 1. The Balaban J connectivity index is 2.25. The second-order valence-corrected chi connectivity index (χ2v) is 4.64. The van der Waals surface area contributed by atoms with Gasteiger partial charge in [-0.05, 0) is 18.9 Å². The van der Waals surface area contributed by atoms with Crippen LogP contribution in [-0.2, 0) is 0 Å². The predicted molar refractivity (Wildman–Crippen MR) is 75.0 cm³/mol. The first-order chi connectivity index (χ1) is 9.27. The summed E-state index contributed by atoms with van der Waals surface area (Å²) < 4.78 is 0. The molecule has 0 aliphatic rings. The smallest absolute Gasteiger partial charge is 0.275 e. The molecule has 0 unspecified atom stereocenters. The predicted octanol–water partition coefficient (Wildman–Crippen LogP) is 2.61. The van der Waals surface area contributed by atoms with Crippen LogP contribution in [0.1, 0.15) is 43.6 Å². The van der Waals surface area contributed by atoms with E-state index in [0.717, 1.165) is 43.3 Å². The van der Waals surface area contributed by atoms with Crippen molar-refractivity contribution < 1.29 is 4.79 Å². The molecule has 0 aliphatic heterocycles. The molecular formula is C14H20N4O. The summed E-state index contributed by atoms with van der Waals surface area (Å²) in [6.45, 7) is 5.77. The SMILES string of the molecule is CCCCN(CCC)C(=O)c1n[nH]c2ccncc12. The fraction of sp³-hybridized carbons (Fsp3) is 0.500. The molecule has 19 heavy (non-hydrogen) atoms. The highest BCUT2D eigenvalue weighted by Crippen LogP contribution is 2.16. The van der Waals surface area contributed by atoms with Crippen molar-refractivity contribution in [2.24, 2.45) is 0 Å². The number of aromatic amines is 1. The number of H-pyrrole nitrogens is 1. The molecule has 2 aromatic rings. The summed E-state index contributed by atoms with van der Waals surface area (Å²) in [5.41, 5.74) is 1.33. The molecule has 0 saturated carbocycles. The van der Waals surface area contributed by atoms with Crippen LogP contribution in [0.4, 0.5) is 0 Å². The van der Waals surface area contributed by atoms with Gasteiger partial charge in [-0.25, -0.2) is 0 Å². The summed E-state index contributed by atoms with van der Waals surface area (Å²) in [6, 6.07) is 1.83. The van der Waals surface area contributed by atoms with Crippen LogP contribution < -0.4 is 0 Å². The molecule has 2 heterocycles. The fourth-order valence-corrected chi connectivity index (χ4v) is 2.10. The Morgan fingerprint density at radius 1 is 1.32 bits per heavy atom. The summed E-state index contributed by atoms with van der Waals surface area (Å²) in [5, 5.41) is 7.83. The number of fused-ring (bicyclic) bond motifs is 1. The number of carbonyl (C=O) groups is 1. The van der Waals surface area contributed by atoms with E-state index in [4.69, 9.17) is 0 Å². The molecule has 0 radical (unpaired) electrons. The van der Waals surface area contributed by atoms with Gasteiger partial charge in [-0.1, -0.05) is 20.3 Å². The van der Waals surface area contributed by atoms with Gasteiger partial charge in [-0.15, -0.1) is 0 Å². The molecule has 0 fully saturated rings. The topological polar surface area (TPSA) is 61.9 Å². The first-order valence-corrected chi connectivity index (χ1v) is 6.85. The molecule has 1 amide bonds. The summed E-state index contributed by atoms with van der Waals surface area (Å²) >= 11 is 0. The molecule has 5 heteroatoms. The Hall–Kier alpha value is -1.91. The Morgan fingerprint density at radius 2 is 2.16 bits per heavy atom. The minimum Gasteiger partial charge on any atom is -0.337 e. The average molecular weight is 260 g/mol. The zero-order valence-electron chi connectivity index (χ0n) is 11.5. The van der Waals surface area contributed by atoms with Crippen LogP contribution in [0.5, 0.6) is 0 Å². The second kappa shape index (κ2) is 6.31. The number of nitrogens with one attached hydrogen (secondary N) is 1. The van der Waals surface area contributed by atoms with E-state index >= 15 is 0 Å². The normalized spacial score (nSPS) is 10.8. The van der Waals surface area contributed by atoms with Gasteiger partial charge in [-0.2, -0.15) is 5.10 Å². The monoisotopic (exact) mass is 260 g/mol. The lowest BCUT2D eigenvalue weighted by Gasteiger charge is -2.20. The van der Waals surface area contributed by atoms with E-state index in [2.05, 4.69) is 29.0 Å². The molecule has 1 N–H and O–H groups in total. The molecule has 0 spiro atoms. The van der Waals surface area contributed by atoms with Crippen LogP contribution in [0.25, 0.3) is 10.9 Å². The number of pyridine rings is 1. The maximum atomic E-state index is 12.5. The maximum Gasteiger partial charge on any atom is 0.275 e. The van der Waals surface area contributed by atoms with Crippen LogP contribution in [0.3, 0.4) is 0 Å². The van der Waals surface area contributed by atoms with Crippen LogP contribution in [0.2, 0.25) is 0 Å². The van der Waals surface area contributed by atoms with E-state index in [-0.39, 0.29) is 5.91 Å². The minimum absolute atomic E-state index is 0.00505. The lowest BCUT2D eigenvalue weighted by Crippen LogP contribution is -2.33. The average Bonchev–Trinajstić information content (AvgIpc) is 2.86. The van der Waals surface area contributed by atoms with E-state index in [1.54, 1.807) is 12.4 Å². The number of carbonyl (C=O) groups excluding carboxylic acids is 1.